The van der Waals surface area contributed by atoms with Crippen molar-refractivity contribution in [1.82, 2.24) is 4.98 Å². The molecule has 0 aliphatic heterocycles. The van der Waals surface area contributed by atoms with Gasteiger partial charge in [0, 0.05) is 10.4 Å². The first kappa shape index (κ1) is 11.0. The second-order valence-corrected chi connectivity index (χ2v) is 4.11. The van der Waals surface area contributed by atoms with Crippen LogP contribution in [0.5, 0.6) is 5.75 Å². The molecule has 0 fully saturated rings. The minimum absolute atomic E-state index is 0.149. The van der Waals surface area contributed by atoms with Crippen LogP contribution < -0.4 is 4.74 Å². The first-order valence-electron chi connectivity index (χ1n) is 4.55. The lowest BCUT2D eigenvalue weighted by molar-refractivity contribution is -0.0498. The number of aryl methyl sites for hydroxylation is 1. The molecule has 0 amide bonds. The van der Waals surface area contributed by atoms with Gasteiger partial charge in [-0.2, -0.15) is 8.78 Å². The highest BCUT2D eigenvalue weighted by Gasteiger charge is 2.07. The number of ether oxygens (including phenoxy) is 1. The Morgan fingerprint density at radius 1 is 1.31 bits per heavy atom. The molecule has 2 nitrogen and oxygen atoms in total. The number of aromatic nitrogens is 1. The number of benzene rings is 1. The van der Waals surface area contributed by atoms with Gasteiger partial charge >= 0.3 is 6.61 Å². The lowest BCUT2D eigenvalue weighted by Crippen LogP contribution is -2.01. The molecule has 2 aromatic rings. The van der Waals surface area contributed by atoms with Gasteiger partial charge in [-0.15, -0.1) is 11.3 Å². The molecule has 0 aliphatic carbocycles. The Kier molecular flexibility index (Phi) is 3.14. The van der Waals surface area contributed by atoms with Crippen molar-refractivity contribution in [3.8, 4) is 17.0 Å². The van der Waals surface area contributed by atoms with Crippen molar-refractivity contribution in [2.45, 2.75) is 13.5 Å². The lowest BCUT2D eigenvalue weighted by Gasteiger charge is -2.04. The van der Waals surface area contributed by atoms with Gasteiger partial charge in [0.15, 0.2) is 5.51 Å². The summed E-state index contributed by atoms with van der Waals surface area (Å²) in [6, 6.07) is 6.40. The fraction of sp³-hybridized carbons (Fsp3) is 0.182. The van der Waals surface area contributed by atoms with E-state index in [9.17, 15) is 8.78 Å². The fourth-order valence-electron chi connectivity index (χ4n) is 1.33. The summed E-state index contributed by atoms with van der Waals surface area (Å²) in [5.74, 6) is 0.149. The van der Waals surface area contributed by atoms with Crippen LogP contribution in [0.2, 0.25) is 0 Å². The van der Waals surface area contributed by atoms with E-state index in [1.165, 1.54) is 23.5 Å². The Labute approximate surface area is 95.5 Å². The van der Waals surface area contributed by atoms with Gasteiger partial charge in [0.25, 0.3) is 0 Å². The number of hydrogen-bond acceptors (Lipinski definition) is 3. The van der Waals surface area contributed by atoms with Crippen molar-refractivity contribution in [2.24, 2.45) is 0 Å². The predicted octanol–water partition coefficient (Wildman–Crippen LogP) is 3.52. The van der Waals surface area contributed by atoms with Crippen molar-refractivity contribution >= 4 is 11.3 Å². The van der Waals surface area contributed by atoms with Crippen LogP contribution in [0, 0.1) is 12.4 Å². The minimum Gasteiger partial charge on any atom is -0.435 e. The van der Waals surface area contributed by atoms with E-state index < -0.39 is 6.61 Å². The smallest absolute Gasteiger partial charge is 0.387 e. The van der Waals surface area contributed by atoms with Crippen LogP contribution in [0.25, 0.3) is 11.3 Å². The van der Waals surface area contributed by atoms with E-state index in [1.54, 1.807) is 12.1 Å². The molecule has 0 bridgehead atoms. The summed E-state index contributed by atoms with van der Waals surface area (Å²) in [5, 5.41) is 0. The van der Waals surface area contributed by atoms with Crippen molar-refractivity contribution in [3.05, 3.63) is 34.7 Å². The zero-order valence-electron chi connectivity index (χ0n) is 8.41. The molecule has 0 unspecified atom stereocenters. The third-order valence-electron chi connectivity index (χ3n) is 2.04. The van der Waals surface area contributed by atoms with Crippen molar-refractivity contribution in [1.29, 1.82) is 0 Å². The van der Waals surface area contributed by atoms with Crippen LogP contribution in [0.4, 0.5) is 8.78 Å². The largest absolute Gasteiger partial charge is 0.435 e. The van der Waals surface area contributed by atoms with Gasteiger partial charge in [-0.3, -0.25) is 0 Å². The molecule has 5 heteroatoms. The Balaban J connectivity index is 2.23. The van der Waals surface area contributed by atoms with Crippen LogP contribution in [0.15, 0.2) is 24.3 Å². The maximum absolute atomic E-state index is 11.9. The van der Waals surface area contributed by atoms with Gasteiger partial charge in [0.05, 0.1) is 5.69 Å². The van der Waals surface area contributed by atoms with Gasteiger partial charge in [-0.1, -0.05) is 0 Å². The zero-order chi connectivity index (χ0) is 11.5. The normalized spacial score (nSPS) is 10.8. The predicted molar refractivity (Wildman–Crippen MR) is 57.8 cm³/mol. The molecule has 1 radical (unpaired) electrons. The summed E-state index contributed by atoms with van der Waals surface area (Å²) in [6.07, 6.45) is 0. The monoisotopic (exact) mass is 240 g/mol. The average Bonchev–Trinajstić information content (AvgIpc) is 2.65. The molecule has 83 valence electrons. The van der Waals surface area contributed by atoms with Gasteiger partial charge in [0.2, 0.25) is 0 Å². The van der Waals surface area contributed by atoms with E-state index in [-0.39, 0.29) is 5.75 Å². The van der Waals surface area contributed by atoms with Gasteiger partial charge in [-0.25, -0.2) is 4.98 Å². The number of nitrogens with zero attached hydrogens (tertiary/aromatic N) is 1. The Hall–Kier alpha value is -1.49. The number of hydrogen-bond donors (Lipinski definition) is 0. The second-order valence-electron chi connectivity index (χ2n) is 3.11. The second kappa shape index (κ2) is 4.57. The zero-order valence-corrected chi connectivity index (χ0v) is 9.22. The first-order chi connectivity index (χ1) is 7.66. The van der Waals surface area contributed by atoms with Crippen molar-refractivity contribution < 1.29 is 13.5 Å². The maximum Gasteiger partial charge on any atom is 0.387 e. The average molecular weight is 240 g/mol. The molecule has 1 heterocycles. The highest BCUT2D eigenvalue weighted by molar-refractivity contribution is 7.09. The van der Waals surface area contributed by atoms with Crippen LogP contribution in [-0.2, 0) is 0 Å². The molecular weight excluding hydrogens is 232 g/mol. The molecule has 0 saturated heterocycles. The summed E-state index contributed by atoms with van der Waals surface area (Å²) in [4.78, 5) is 5.13. The summed E-state index contributed by atoms with van der Waals surface area (Å²) >= 11 is 1.43. The number of halogens is 2. The molecule has 2 rings (SSSR count). The standard InChI is InChI=1S/C11H8F2NOS/c1-7-10(14-6-16-7)8-2-4-9(5-3-8)15-11(12)13/h2-5,11H,1H3. The summed E-state index contributed by atoms with van der Waals surface area (Å²) < 4.78 is 28.1. The van der Waals surface area contributed by atoms with Crippen molar-refractivity contribution in [2.75, 3.05) is 0 Å². The lowest BCUT2D eigenvalue weighted by atomic mass is 10.1. The van der Waals surface area contributed by atoms with Crippen LogP contribution >= 0.6 is 11.3 Å². The van der Waals surface area contributed by atoms with E-state index in [2.05, 4.69) is 15.2 Å². The molecule has 1 aromatic heterocycles. The van der Waals surface area contributed by atoms with E-state index in [0.717, 1.165) is 16.1 Å². The topological polar surface area (TPSA) is 22.1 Å². The molecule has 0 atom stereocenters. The van der Waals surface area contributed by atoms with E-state index in [0.29, 0.717) is 0 Å². The van der Waals surface area contributed by atoms with Gasteiger partial charge in [0.1, 0.15) is 5.75 Å². The van der Waals surface area contributed by atoms with Crippen LogP contribution in [-0.4, -0.2) is 11.6 Å². The summed E-state index contributed by atoms with van der Waals surface area (Å²) in [7, 11) is 0. The van der Waals surface area contributed by atoms with E-state index >= 15 is 0 Å². The Morgan fingerprint density at radius 2 is 2.00 bits per heavy atom. The molecule has 0 saturated carbocycles. The van der Waals surface area contributed by atoms with Gasteiger partial charge in [-0.05, 0) is 31.2 Å². The molecular formula is C11H8F2NOS. The molecule has 16 heavy (non-hydrogen) atoms. The fourth-order valence-corrected chi connectivity index (χ4v) is 1.86. The Bertz CT molecular complexity index is 467. The molecule has 0 spiro atoms. The number of rotatable bonds is 3. The van der Waals surface area contributed by atoms with E-state index in [1.807, 2.05) is 6.92 Å². The summed E-state index contributed by atoms with van der Waals surface area (Å²) in [5.41, 5.74) is 4.48. The Morgan fingerprint density at radius 3 is 2.50 bits per heavy atom. The minimum atomic E-state index is -2.79. The SMILES string of the molecule is Cc1s[c]nc1-c1ccc(OC(F)F)cc1. The third-order valence-corrected chi connectivity index (χ3v) is 2.72. The highest BCUT2D eigenvalue weighted by Crippen LogP contribution is 2.26. The molecule has 1 aromatic carbocycles. The maximum atomic E-state index is 11.9. The third kappa shape index (κ3) is 2.36. The van der Waals surface area contributed by atoms with E-state index in [4.69, 9.17) is 0 Å². The van der Waals surface area contributed by atoms with Crippen molar-refractivity contribution in [3.63, 3.8) is 0 Å². The number of alkyl halides is 2. The molecule has 0 aliphatic rings. The highest BCUT2D eigenvalue weighted by atomic mass is 32.1. The quantitative estimate of drug-likeness (QED) is 0.818. The molecule has 0 N–H and O–H groups in total. The number of thiazole rings is 1. The van der Waals surface area contributed by atoms with Crippen LogP contribution in [0.1, 0.15) is 4.88 Å². The van der Waals surface area contributed by atoms with Crippen LogP contribution in [0.3, 0.4) is 0 Å². The summed E-state index contributed by atoms with van der Waals surface area (Å²) in [6.45, 7) is -0.854. The van der Waals surface area contributed by atoms with Gasteiger partial charge < -0.3 is 4.74 Å². The first-order valence-corrected chi connectivity index (χ1v) is 5.37.